The van der Waals surface area contributed by atoms with E-state index < -0.39 is 23.0 Å². The Kier molecular flexibility index (Phi) is 7.58. The molecule has 0 spiro atoms. The topological polar surface area (TPSA) is 83.8 Å². The molecule has 1 atom stereocenters. The zero-order chi connectivity index (χ0) is 24.2. The number of aliphatic hydroxyl groups is 1. The van der Waals surface area contributed by atoms with Crippen molar-refractivity contribution in [3.63, 3.8) is 0 Å². The lowest BCUT2D eigenvalue weighted by Gasteiger charge is -2.42. The molecule has 1 heterocycles. The molecule has 0 saturated heterocycles. The van der Waals surface area contributed by atoms with E-state index in [1.54, 1.807) is 0 Å². The molecule has 33 heavy (non-hydrogen) atoms. The molecule has 176 valence electrons. The normalized spacial score (nSPS) is 19.0. The predicted molar refractivity (Wildman–Crippen MR) is 130 cm³/mol. The molecule has 0 amide bonds. The number of thioether (sulfide) groups is 1. The van der Waals surface area contributed by atoms with Gasteiger partial charge in [0.2, 0.25) is 0 Å². The Morgan fingerprint density at radius 1 is 1.12 bits per heavy atom. The van der Waals surface area contributed by atoms with E-state index in [0.29, 0.717) is 12.8 Å². The van der Waals surface area contributed by atoms with Gasteiger partial charge in [0.25, 0.3) is 0 Å². The lowest BCUT2D eigenvalue weighted by Crippen LogP contribution is -2.41. The Morgan fingerprint density at radius 2 is 1.76 bits per heavy atom. The van der Waals surface area contributed by atoms with Crippen LogP contribution in [-0.4, -0.2) is 22.2 Å². The summed E-state index contributed by atoms with van der Waals surface area (Å²) in [6, 6.07) is 17.3. The van der Waals surface area contributed by atoms with Gasteiger partial charge in [-0.25, -0.2) is 4.79 Å². The third kappa shape index (κ3) is 5.99. The number of aliphatic carboxylic acids is 1. The molecular formula is C27H32O5S. The molecule has 2 N–H and O–H groups in total. The summed E-state index contributed by atoms with van der Waals surface area (Å²) in [5, 5.41) is 20.3. The van der Waals surface area contributed by atoms with E-state index in [9.17, 15) is 14.7 Å². The van der Waals surface area contributed by atoms with Gasteiger partial charge in [0.1, 0.15) is 16.3 Å². The van der Waals surface area contributed by atoms with Gasteiger partial charge in [-0.3, -0.25) is 4.79 Å². The quantitative estimate of drug-likeness (QED) is 0.394. The van der Waals surface area contributed by atoms with Crippen LogP contribution < -0.4 is 0 Å². The van der Waals surface area contributed by atoms with E-state index in [0.717, 1.165) is 16.0 Å². The number of aliphatic hydroxyl groups excluding tert-OH is 1. The number of ether oxygens (including phenoxy) is 1. The molecule has 0 bridgehead atoms. The van der Waals surface area contributed by atoms with Gasteiger partial charge in [-0.2, -0.15) is 0 Å². The van der Waals surface area contributed by atoms with Crippen LogP contribution in [0.2, 0.25) is 0 Å². The molecule has 3 rings (SSSR count). The van der Waals surface area contributed by atoms with E-state index in [-0.39, 0.29) is 29.4 Å². The lowest BCUT2D eigenvalue weighted by molar-refractivity contribution is -0.164. The first-order chi connectivity index (χ1) is 15.5. The number of carboxylic acid groups (broad SMARTS) is 1. The van der Waals surface area contributed by atoms with E-state index >= 15 is 0 Å². The molecule has 2 aromatic rings. The summed E-state index contributed by atoms with van der Waals surface area (Å²) >= 11 is 1.24. The van der Waals surface area contributed by atoms with Gasteiger partial charge in [0.05, 0.1) is 6.42 Å². The number of esters is 1. The number of rotatable bonds is 9. The predicted octanol–water partition coefficient (Wildman–Crippen LogP) is 6.80. The van der Waals surface area contributed by atoms with Gasteiger partial charge >= 0.3 is 11.9 Å². The maximum absolute atomic E-state index is 13.3. The van der Waals surface area contributed by atoms with Crippen LogP contribution in [0, 0.1) is 5.41 Å². The van der Waals surface area contributed by atoms with Crippen LogP contribution in [0.3, 0.4) is 0 Å². The van der Waals surface area contributed by atoms with E-state index in [4.69, 9.17) is 9.84 Å². The zero-order valence-electron chi connectivity index (χ0n) is 19.6. The molecule has 0 aromatic heterocycles. The Balaban J connectivity index is 1.97. The smallest absolute Gasteiger partial charge is 0.349 e. The van der Waals surface area contributed by atoms with E-state index in [2.05, 4.69) is 13.8 Å². The summed E-state index contributed by atoms with van der Waals surface area (Å²) < 4.78 is 6.13. The summed E-state index contributed by atoms with van der Waals surface area (Å²) in [5.41, 5.74) is 0.403. The Labute approximate surface area is 199 Å². The average Bonchev–Trinajstić information content (AvgIpc) is 2.75. The standard InChI is InChI=1S/C27H32O5S/c1-18(2)20-12-8-9-13-22(20)33-24-21(28)16-27(32-25(24)31,19-10-6-5-7-11-19)17-26(3,4)15-14-23(29)30/h5-13,18,28H,14-17H2,1-4H3,(H,29,30). The first-order valence-electron chi connectivity index (χ1n) is 11.2. The van der Waals surface area contributed by atoms with Gasteiger partial charge in [-0.15, -0.1) is 0 Å². The molecule has 1 unspecified atom stereocenters. The van der Waals surface area contributed by atoms with E-state index in [1.165, 1.54) is 11.8 Å². The molecule has 1 aliphatic rings. The minimum atomic E-state index is -1.06. The molecule has 5 nitrogen and oxygen atoms in total. The molecule has 0 saturated carbocycles. The number of carbonyl (C=O) groups is 2. The maximum atomic E-state index is 13.3. The summed E-state index contributed by atoms with van der Waals surface area (Å²) in [6.45, 7) is 8.12. The highest BCUT2D eigenvalue weighted by atomic mass is 32.2. The summed E-state index contributed by atoms with van der Waals surface area (Å²) in [7, 11) is 0. The van der Waals surface area contributed by atoms with Crippen LogP contribution in [-0.2, 0) is 19.9 Å². The monoisotopic (exact) mass is 468 g/mol. The summed E-state index contributed by atoms with van der Waals surface area (Å²) in [4.78, 5) is 25.5. The highest BCUT2D eigenvalue weighted by Crippen LogP contribution is 2.49. The van der Waals surface area contributed by atoms with Crippen molar-refractivity contribution in [2.24, 2.45) is 5.41 Å². The van der Waals surface area contributed by atoms with Crippen molar-refractivity contribution in [2.45, 2.75) is 69.8 Å². The van der Waals surface area contributed by atoms with Crippen molar-refractivity contribution in [1.29, 1.82) is 0 Å². The molecule has 0 aliphatic carbocycles. The highest BCUT2D eigenvalue weighted by molar-refractivity contribution is 8.04. The van der Waals surface area contributed by atoms with Crippen LogP contribution in [0.5, 0.6) is 0 Å². The third-order valence-corrected chi connectivity index (χ3v) is 7.22. The fourth-order valence-electron chi connectivity index (χ4n) is 4.40. The number of cyclic esters (lactones) is 1. The van der Waals surface area contributed by atoms with Crippen molar-refractivity contribution >= 4 is 23.7 Å². The Morgan fingerprint density at radius 3 is 2.36 bits per heavy atom. The highest BCUT2D eigenvalue weighted by Gasteiger charge is 2.47. The van der Waals surface area contributed by atoms with E-state index in [1.807, 2.05) is 68.4 Å². The maximum Gasteiger partial charge on any atom is 0.349 e. The number of carboxylic acids is 1. The third-order valence-electron chi connectivity index (χ3n) is 6.02. The van der Waals surface area contributed by atoms with Gasteiger partial charge in [-0.05, 0) is 41.4 Å². The van der Waals surface area contributed by atoms with Crippen LogP contribution in [0.1, 0.15) is 70.4 Å². The van der Waals surface area contributed by atoms with Crippen molar-refractivity contribution in [3.8, 4) is 0 Å². The number of hydrogen-bond acceptors (Lipinski definition) is 5. The summed E-state index contributed by atoms with van der Waals surface area (Å²) in [5.74, 6) is -1.13. The Bertz CT molecular complexity index is 1040. The lowest BCUT2D eigenvalue weighted by atomic mass is 9.72. The van der Waals surface area contributed by atoms with Crippen molar-refractivity contribution in [2.75, 3.05) is 0 Å². The molecule has 0 fully saturated rings. The molecule has 6 heteroatoms. The first kappa shape index (κ1) is 24.9. The molecule has 0 radical (unpaired) electrons. The second-order valence-electron chi connectivity index (χ2n) is 9.73. The fraction of sp³-hybridized carbons (Fsp3) is 0.407. The minimum absolute atomic E-state index is 0.00713. The van der Waals surface area contributed by atoms with Crippen LogP contribution in [0.15, 0.2) is 70.2 Å². The van der Waals surface area contributed by atoms with Gasteiger partial charge in [0, 0.05) is 11.3 Å². The van der Waals surface area contributed by atoms with Crippen molar-refractivity contribution < 1.29 is 24.5 Å². The largest absolute Gasteiger partial charge is 0.511 e. The molecule has 1 aliphatic heterocycles. The van der Waals surface area contributed by atoms with Crippen LogP contribution in [0.4, 0.5) is 0 Å². The van der Waals surface area contributed by atoms with Crippen molar-refractivity contribution in [3.05, 3.63) is 76.4 Å². The number of benzene rings is 2. The second kappa shape index (κ2) is 10.0. The zero-order valence-corrected chi connectivity index (χ0v) is 20.4. The molecule has 2 aromatic carbocycles. The molecular weight excluding hydrogens is 436 g/mol. The minimum Gasteiger partial charge on any atom is -0.511 e. The fourth-order valence-corrected chi connectivity index (χ4v) is 5.50. The van der Waals surface area contributed by atoms with Crippen LogP contribution in [0.25, 0.3) is 0 Å². The van der Waals surface area contributed by atoms with Gasteiger partial charge < -0.3 is 14.9 Å². The SMILES string of the molecule is CC(C)c1ccccc1SC1=C(O)CC(CC(C)(C)CCC(=O)O)(c2ccccc2)OC1=O. The first-order valence-corrected chi connectivity index (χ1v) is 12.0. The average molecular weight is 469 g/mol. The number of carbonyl (C=O) groups excluding carboxylic acids is 1. The summed E-state index contributed by atoms with van der Waals surface area (Å²) in [6.07, 6.45) is 1.00. The van der Waals surface area contributed by atoms with Gasteiger partial charge in [-0.1, -0.05) is 88.0 Å². The second-order valence-corrected chi connectivity index (χ2v) is 10.8. The van der Waals surface area contributed by atoms with Crippen LogP contribution >= 0.6 is 11.8 Å². The Hall–Kier alpha value is -2.73. The van der Waals surface area contributed by atoms with Gasteiger partial charge in [0.15, 0.2) is 0 Å². The van der Waals surface area contributed by atoms with Crippen molar-refractivity contribution in [1.82, 2.24) is 0 Å². The number of hydrogen-bond donors (Lipinski definition) is 2.